The average Bonchev–Trinajstić information content (AvgIpc) is 3.31. The summed E-state index contributed by atoms with van der Waals surface area (Å²) < 4.78 is 12.6. The van der Waals surface area contributed by atoms with Gasteiger partial charge in [0.1, 0.15) is 11.5 Å². The fourth-order valence-corrected chi connectivity index (χ4v) is 4.23. The molecule has 0 saturated carbocycles. The maximum atomic E-state index is 12.5. The molecule has 1 amide bonds. The van der Waals surface area contributed by atoms with E-state index >= 15 is 0 Å². The number of methoxy groups -OCH3 is 1. The van der Waals surface area contributed by atoms with Gasteiger partial charge in [-0.15, -0.1) is 11.3 Å². The molecule has 0 bridgehead atoms. The molecule has 8 heteroatoms. The molecule has 0 spiro atoms. The molecule has 0 atom stereocenters. The Kier molecular flexibility index (Phi) is 5.92. The van der Waals surface area contributed by atoms with E-state index in [0.717, 1.165) is 27.7 Å². The summed E-state index contributed by atoms with van der Waals surface area (Å²) in [5, 5.41) is 5.27. The van der Waals surface area contributed by atoms with Crippen molar-refractivity contribution in [2.45, 2.75) is 13.3 Å². The molecule has 30 heavy (non-hydrogen) atoms. The van der Waals surface area contributed by atoms with E-state index in [2.05, 4.69) is 10.3 Å². The minimum absolute atomic E-state index is 0.132. The number of carbonyl (C=O) groups excluding carboxylic acids is 1. The number of amides is 1. The van der Waals surface area contributed by atoms with E-state index in [1.165, 1.54) is 11.3 Å². The summed E-state index contributed by atoms with van der Waals surface area (Å²) in [5.41, 5.74) is 3.35. The molecule has 1 N–H and O–H groups in total. The van der Waals surface area contributed by atoms with Gasteiger partial charge in [0.25, 0.3) is 0 Å². The van der Waals surface area contributed by atoms with Crippen LogP contribution in [-0.2, 0) is 11.2 Å². The number of thiazole rings is 1. The van der Waals surface area contributed by atoms with Crippen molar-refractivity contribution >= 4 is 39.5 Å². The molecule has 2 aromatic heterocycles. The van der Waals surface area contributed by atoms with E-state index in [1.54, 1.807) is 25.3 Å². The number of nitrogens with zero attached hydrogens (tertiary/aromatic N) is 2. The van der Waals surface area contributed by atoms with Crippen LogP contribution in [-0.4, -0.2) is 29.0 Å². The van der Waals surface area contributed by atoms with Gasteiger partial charge in [0.05, 0.1) is 30.9 Å². The molecule has 0 radical (unpaired) electrons. The van der Waals surface area contributed by atoms with Gasteiger partial charge in [0.15, 0.2) is 4.96 Å². The first-order valence-electron chi connectivity index (χ1n) is 9.39. The van der Waals surface area contributed by atoms with Crippen molar-refractivity contribution in [1.82, 2.24) is 9.38 Å². The molecule has 2 heterocycles. The van der Waals surface area contributed by atoms with Gasteiger partial charge >= 0.3 is 0 Å². The SMILES string of the molecule is CCOc1ccc(-c2cn3c(CC(=O)Nc4ccc(OC)c(Cl)c4)csc3n2)cc1. The number of hydrogen-bond acceptors (Lipinski definition) is 5. The molecular weight excluding hydrogens is 422 g/mol. The van der Waals surface area contributed by atoms with Crippen molar-refractivity contribution in [3.63, 3.8) is 0 Å². The number of rotatable bonds is 7. The highest BCUT2D eigenvalue weighted by atomic mass is 35.5. The Hall–Kier alpha value is -3.03. The zero-order chi connectivity index (χ0) is 21.1. The zero-order valence-electron chi connectivity index (χ0n) is 16.5. The second-order valence-electron chi connectivity index (χ2n) is 6.54. The number of nitrogens with one attached hydrogen (secondary N) is 1. The number of imidazole rings is 1. The van der Waals surface area contributed by atoms with Gasteiger partial charge in [-0.2, -0.15) is 0 Å². The van der Waals surface area contributed by atoms with Crippen molar-refractivity contribution in [2.24, 2.45) is 0 Å². The van der Waals surface area contributed by atoms with Gasteiger partial charge in [-0.1, -0.05) is 11.6 Å². The summed E-state index contributed by atoms with van der Waals surface area (Å²) >= 11 is 7.63. The van der Waals surface area contributed by atoms with E-state index in [0.29, 0.717) is 23.1 Å². The minimum Gasteiger partial charge on any atom is -0.495 e. The summed E-state index contributed by atoms with van der Waals surface area (Å²) in [6.45, 7) is 2.59. The largest absolute Gasteiger partial charge is 0.495 e. The predicted molar refractivity (Wildman–Crippen MR) is 120 cm³/mol. The van der Waals surface area contributed by atoms with Crippen molar-refractivity contribution in [3.8, 4) is 22.8 Å². The number of hydrogen-bond donors (Lipinski definition) is 1. The summed E-state index contributed by atoms with van der Waals surface area (Å²) in [6, 6.07) is 13.0. The summed E-state index contributed by atoms with van der Waals surface area (Å²) in [7, 11) is 1.55. The molecule has 154 valence electrons. The van der Waals surface area contributed by atoms with E-state index in [1.807, 2.05) is 47.2 Å². The van der Waals surface area contributed by atoms with Crippen LogP contribution >= 0.6 is 22.9 Å². The third kappa shape index (κ3) is 4.27. The Morgan fingerprint density at radius 2 is 2.03 bits per heavy atom. The number of aromatic nitrogens is 2. The average molecular weight is 442 g/mol. The van der Waals surface area contributed by atoms with Crippen LogP contribution in [0.5, 0.6) is 11.5 Å². The summed E-state index contributed by atoms with van der Waals surface area (Å²) in [5.74, 6) is 1.26. The smallest absolute Gasteiger partial charge is 0.230 e. The molecule has 0 saturated heterocycles. The number of halogens is 1. The standard InChI is InChI=1S/C22H20ClN3O3S/c1-3-29-17-7-4-14(5-8-17)19-12-26-16(13-30-22(26)25-19)11-21(27)24-15-6-9-20(28-2)18(23)10-15/h4-10,12-13H,3,11H2,1-2H3,(H,24,27). The second-order valence-corrected chi connectivity index (χ2v) is 7.78. The van der Waals surface area contributed by atoms with E-state index in [9.17, 15) is 4.79 Å². The minimum atomic E-state index is -0.132. The number of benzene rings is 2. The zero-order valence-corrected chi connectivity index (χ0v) is 18.1. The van der Waals surface area contributed by atoms with Crippen LogP contribution in [0, 0.1) is 0 Å². The maximum absolute atomic E-state index is 12.5. The fourth-order valence-electron chi connectivity index (χ4n) is 3.10. The highest BCUT2D eigenvalue weighted by molar-refractivity contribution is 7.15. The van der Waals surface area contributed by atoms with Gasteiger partial charge in [0.2, 0.25) is 5.91 Å². The van der Waals surface area contributed by atoms with E-state index < -0.39 is 0 Å². The molecule has 0 aliphatic heterocycles. The first kappa shape index (κ1) is 20.3. The van der Waals surface area contributed by atoms with E-state index in [4.69, 9.17) is 21.1 Å². The van der Waals surface area contributed by atoms with Crippen molar-refractivity contribution < 1.29 is 14.3 Å². The molecule has 2 aromatic carbocycles. The Morgan fingerprint density at radius 3 is 2.73 bits per heavy atom. The number of carbonyl (C=O) groups is 1. The first-order chi connectivity index (χ1) is 14.6. The molecule has 0 aliphatic carbocycles. The van der Waals surface area contributed by atoms with Crippen LogP contribution in [0.4, 0.5) is 5.69 Å². The lowest BCUT2D eigenvalue weighted by molar-refractivity contribution is -0.115. The third-order valence-electron chi connectivity index (χ3n) is 4.52. The van der Waals surface area contributed by atoms with Crippen LogP contribution < -0.4 is 14.8 Å². The Morgan fingerprint density at radius 1 is 1.23 bits per heavy atom. The lowest BCUT2D eigenvalue weighted by Crippen LogP contribution is -2.15. The van der Waals surface area contributed by atoms with Crippen LogP contribution in [0.2, 0.25) is 5.02 Å². The molecule has 4 aromatic rings. The highest BCUT2D eigenvalue weighted by Gasteiger charge is 2.13. The summed E-state index contributed by atoms with van der Waals surface area (Å²) in [4.78, 5) is 18.1. The molecule has 0 fully saturated rings. The molecule has 0 unspecified atom stereocenters. The Balaban J connectivity index is 1.49. The highest BCUT2D eigenvalue weighted by Crippen LogP contribution is 2.28. The van der Waals surface area contributed by atoms with Crippen LogP contribution in [0.15, 0.2) is 54.0 Å². The van der Waals surface area contributed by atoms with E-state index in [-0.39, 0.29) is 12.3 Å². The lowest BCUT2D eigenvalue weighted by atomic mass is 10.1. The van der Waals surface area contributed by atoms with Gasteiger partial charge in [-0.3, -0.25) is 9.20 Å². The van der Waals surface area contributed by atoms with Crippen molar-refractivity contribution in [1.29, 1.82) is 0 Å². The maximum Gasteiger partial charge on any atom is 0.230 e. The third-order valence-corrected chi connectivity index (χ3v) is 5.71. The molecule has 4 rings (SSSR count). The van der Waals surface area contributed by atoms with Crippen LogP contribution in [0.1, 0.15) is 12.6 Å². The van der Waals surface area contributed by atoms with Gasteiger partial charge in [-0.05, 0) is 49.4 Å². The fraction of sp³-hybridized carbons (Fsp3) is 0.182. The monoisotopic (exact) mass is 441 g/mol. The Labute approximate surface area is 183 Å². The number of ether oxygens (including phenoxy) is 2. The molecule has 0 aliphatic rings. The normalized spacial score (nSPS) is 10.9. The Bertz CT molecular complexity index is 1180. The predicted octanol–water partition coefficient (Wildman–Crippen LogP) is 5.30. The van der Waals surface area contributed by atoms with Crippen molar-refractivity contribution in [2.75, 3.05) is 19.0 Å². The lowest BCUT2D eigenvalue weighted by Gasteiger charge is -2.08. The quantitative estimate of drug-likeness (QED) is 0.422. The first-order valence-corrected chi connectivity index (χ1v) is 10.6. The number of anilines is 1. The van der Waals surface area contributed by atoms with Crippen LogP contribution in [0.25, 0.3) is 16.2 Å². The molecule has 6 nitrogen and oxygen atoms in total. The van der Waals surface area contributed by atoms with Gasteiger partial charge in [-0.25, -0.2) is 4.98 Å². The number of fused-ring (bicyclic) bond motifs is 1. The van der Waals surface area contributed by atoms with Crippen molar-refractivity contribution in [3.05, 3.63) is 64.8 Å². The van der Waals surface area contributed by atoms with Gasteiger partial charge < -0.3 is 14.8 Å². The second kappa shape index (κ2) is 8.77. The molecular formula is C22H20ClN3O3S. The summed E-state index contributed by atoms with van der Waals surface area (Å²) in [6.07, 6.45) is 2.18. The van der Waals surface area contributed by atoms with Gasteiger partial charge in [0, 0.05) is 28.5 Å². The topological polar surface area (TPSA) is 64.9 Å². The van der Waals surface area contributed by atoms with Crippen LogP contribution in [0.3, 0.4) is 0 Å².